The molecule has 98 valence electrons. The summed E-state index contributed by atoms with van der Waals surface area (Å²) < 4.78 is 6.08. The molecule has 3 heteroatoms. The first kappa shape index (κ1) is 14.5. The summed E-state index contributed by atoms with van der Waals surface area (Å²) in [6, 6.07) is 0.168. The molecule has 0 amide bonds. The summed E-state index contributed by atoms with van der Waals surface area (Å²) in [5.41, 5.74) is 2.82. The highest BCUT2D eigenvalue weighted by Crippen LogP contribution is 2.38. The minimum Gasteiger partial charge on any atom is -0.374 e. The molecule has 0 spiro atoms. The van der Waals surface area contributed by atoms with E-state index < -0.39 is 0 Å². The van der Waals surface area contributed by atoms with Gasteiger partial charge in [0.2, 0.25) is 0 Å². The van der Waals surface area contributed by atoms with E-state index in [0.29, 0.717) is 5.92 Å². The van der Waals surface area contributed by atoms with Gasteiger partial charge in [-0.3, -0.25) is 11.3 Å². The summed E-state index contributed by atoms with van der Waals surface area (Å²) in [4.78, 5) is 0. The van der Waals surface area contributed by atoms with Crippen molar-refractivity contribution >= 4 is 0 Å². The Bertz CT molecular complexity index is 257. The van der Waals surface area contributed by atoms with Crippen molar-refractivity contribution in [2.75, 3.05) is 6.61 Å². The van der Waals surface area contributed by atoms with Crippen molar-refractivity contribution in [3.8, 4) is 12.3 Å². The van der Waals surface area contributed by atoms with Crippen LogP contribution in [0.1, 0.15) is 52.4 Å². The lowest BCUT2D eigenvalue weighted by atomic mass is 9.73. The number of terminal acetylenes is 1. The first-order valence-electron chi connectivity index (χ1n) is 6.72. The number of rotatable bonds is 6. The molecule has 0 aliphatic heterocycles. The first-order chi connectivity index (χ1) is 8.18. The van der Waals surface area contributed by atoms with Gasteiger partial charge in [0.1, 0.15) is 0 Å². The Kier molecular flexibility index (Phi) is 5.97. The molecular weight excluding hydrogens is 212 g/mol. The van der Waals surface area contributed by atoms with Crippen LogP contribution in [0.15, 0.2) is 0 Å². The maximum atomic E-state index is 6.08. The molecule has 0 heterocycles. The van der Waals surface area contributed by atoms with E-state index in [-0.39, 0.29) is 11.6 Å². The van der Waals surface area contributed by atoms with Crippen LogP contribution in [0.3, 0.4) is 0 Å². The second-order valence-corrected chi connectivity index (χ2v) is 5.16. The van der Waals surface area contributed by atoms with Gasteiger partial charge in [-0.15, -0.1) is 12.3 Å². The maximum absolute atomic E-state index is 6.08. The molecule has 0 saturated heterocycles. The van der Waals surface area contributed by atoms with E-state index in [0.717, 1.165) is 32.3 Å². The van der Waals surface area contributed by atoms with E-state index in [9.17, 15) is 0 Å². The predicted molar refractivity (Wildman–Crippen MR) is 71.2 cm³/mol. The van der Waals surface area contributed by atoms with E-state index in [1.807, 2.05) is 0 Å². The Morgan fingerprint density at radius 1 is 1.65 bits per heavy atom. The van der Waals surface area contributed by atoms with Gasteiger partial charge in [0.15, 0.2) is 0 Å². The van der Waals surface area contributed by atoms with Gasteiger partial charge >= 0.3 is 0 Å². The highest BCUT2D eigenvalue weighted by molar-refractivity contribution is 4.98. The van der Waals surface area contributed by atoms with Crippen LogP contribution < -0.4 is 11.3 Å². The van der Waals surface area contributed by atoms with E-state index in [2.05, 4.69) is 25.2 Å². The molecule has 1 aliphatic carbocycles. The Balaban J connectivity index is 2.76. The average Bonchev–Trinajstić information content (AvgIpc) is 2.30. The fourth-order valence-electron chi connectivity index (χ4n) is 3.11. The molecule has 3 nitrogen and oxygen atoms in total. The van der Waals surface area contributed by atoms with Crippen molar-refractivity contribution in [3.05, 3.63) is 0 Å². The van der Waals surface area contributed by atoms with Crippen molar-refractivity contribution < 1.29 is 4.74 Å². The van der Waals surface area contributed by atoms with Crippen LogP contribution in [0.2, 0.25) is 0 Å². The Morgan fingerprint density at radius 3 is 2.94 bits per heavy atom. The molecule has 1 fully saturated rings. The number of nitrogens with one attached hydrogen (secondary N) is 1. The highest BCUT2D eigenvalue weighted by atomic mass is 16.5. The monoisotopic (exact) mass is 238 g/mol. The summed E-state index contributed by atoms with van der Waals surface area (Å²) in [6.07, 6.45) is 11.7. The zero-order valence-corrected chi connectivity index (χ0v) is 11.2. The van der Waals surface area contributed by atoms with Gasteiger partial charge in [0, 0.05) is 13.0 Å². The van der Waals surface area contributed by atoms with Crippen molar-refractivity contribution in [1.29, 1.82) is 0 Å². The van der Waals surface area contributed by atoms with E-state index in [1.165, 1.54) is 12.8 Å². The zero-order chi connectivity index (χ0) is 12.7. The van der Waals surface area contributed by atoms with E-state index in [4.69, 9.17) is 17.0 Å². The van der Waals surface area contributed by atoms with Gasteiger partial charge < -0.3 is 4.74 Å². The lowest BCUT2D eigenvalue weighted by molar-refractivity contribution is -0.102. The van der Waals surface area contributed by atoms with Crippen molar-refractivity contribution in [2.45, 2.75) is 64.0 Å². The summed E-state index contributed by atoms with van der Waals surface area (Å²) in [5.74, 6) is 9.10. The number of hydrazine groups is 1. The molecule has 3 atom stereocenters. The number of nitrogens with two attached hydrogens (primary N) is 1. The third kappa shape index (κ3) is 3.70. The minimum atomic E-state index is -0.113. The third-order valence-corrected chi connectivity index (χ3v) is 3.84. The molecule has 0 radical (unpaired) electrons. The summed E-state index contributed by atoms with van der Waals surface area (Å²) in [7, 11) is 0. The predicted octanol–water partition coefficient (Wildman–Crippen LogP) is 2.22. The van der Waals surface area contributed by atoms with E-state index in [1.54, 1.807) is 0 Å². The molecular formula is C14H26N2O. The third-order valence-electron chi connectivity index (χ3n) is 3.84. The average molecular weight is 238 g/mol. The topological polar surface area (TPSA) is 47.3 Å². The first-order valence-corrected chi connectivity index (χ1v) is 6.72. The van der Waals surface area contributed by atoms with Crippen LogP contribution in [-0.2, 0) is 4.74 Å². The van der Waals surface area contributed by atoms with Gasteiger partial charge in [0.25, 0.3) is 0 Å². The Hall–Kier alpha value is -0.560. The van der Waals surface area contributed by atoms with Crippen molar-refractivity contribution in [1.82, 2.24) is 5.43 Å². The van der Waals surface area contributed by atoms with Crippen molar-refractivity contribution in [3.63, 3.8) is 0 Å². The number of hydrogen-bond donors (Lipinski definition) is 2. The molecule has 0 bridgehead atoms. The van der Waals surface area contributed by atoms with Gasteiger partial charge in [-0.1, -0.05) is 19.8 Å². The summed E-state index contributed by atoms with van der Waals surface area (Å²) in [5, 5.41) is 0. The molecule has 0 aromatic heterocycles. The Morgan fingerprint density at radius 2 is 2.41 bits per heavy atom. The van der Waals surface area contributed by atoms with Gasteiger partial charge in [0.05, 0.1) is 11.6 Å². The molecule has 1 aliphatic rings. The van der Waals surface area contributed by atoms with Crippen LogP contribution in [0.25, 0.3) is 0 Å². The fourth-order valence-corrected chi connectivity index (χ4v) is 3.11. The van der Waals surface area contributed by atoms with Gasteiger partial charge in [-0.2, -0.15) is 0 Å². The molecule has 3 unspecified atom stereocenters. The SMILES string of the molecule is C#CCCC(NN)C1(OCC)CCCC(C)C1. The minimum absolute atomic E-state index is 0.113. The van der Waals surface area contributed by atoms with Crippen molar-refractivity contribution in [2.24, 2.45) is 11.8 Å². The van der Waals surface area contributed by atoms with E-state index >= 15 is 0 Å². The smallest absolute Gasteiger partial charge is 0.0850 e. The Labute approximate surface area is 105 Å². The van der Waals surface area contributed by atoms with Crippen LogP contribution in [-0.4, -0.2) is 18.2 Å². The molecule has 3 N–H and O–H groups in total. The molecule has 0 aromatic carbocycles. The molecule has 0 aromatic rings. The lowest BCUT2D eigenvalue weighted by Crippen LogP contribution is -2.56. The summed E-state index contributed by atoms with van der Waals surface area (Å²) >= 11 is 0. The second-order valence-electron chi connectivity index (χ2n) is 5.16. The fraction of sp³-hybridized carbons (Fsp3) is 0.857. The molecule has 1 rings (SSSR count). The van der Waals surface area contributed by atoms with Crippen LogP contribution >= 0.6 is 0 Å². The van der Waals surface area contributed by atoms with Gasteiger partial charge in [-0.25, -0.2) is 0 Å². The van der Waals surface area contributed by atoms with Crippen LogP contribution in [0.5, 0.6) is 0 Å². The standard InChI is InChI=1S/C14H26N2O/c1-4-6-9-13(16-15)14(17-5-2)10-7-8-12(3)11-14/h1,12-13,16H,5-11,15H2,2-3H3. The normalized spacial score (nSPS) is 30.8. The molecule has 1 saturated carbocycles. The van der Waals surface area contributed by atoms with Crippen LogP contribution in [0, 0.1) is 18.3 Å². The second kappa shape index (κ2) is 7.00. The van der Waals surface area contributed by atoms with Crippen LogP contribution in [0.4, 0.5) is 0 Å². The maximum Gasteiger partial charge on any atom is 0.0850 e. The number of hydrogen-bond acceptors (Lipinski definition) is 3. The quantitative estimate of drug-likeness (QED) is 0.424. The summed E-state index contributed by atoms with van der Waals surface area (Å²) in [6.45, 7) is 5.08. The highest BCUT2D eigenvalue weighted by Gasteiger charge is 2.41. The lowest BCUT2D eigenvalue weighted by Gasteiger charge is -2.45. The molecule has 17 heavy (non-hydrogen) atoms. The largest absolute Gasteiger partial charge is 0.374 e. The van der Waals surface area contributed by atoms with Gasteiger partial charge in [-0.05, 0) is 32.1 Å². The number of ether oxygens (including phenoxy) is 1. The zero-order valence-electron chi connectivity index (χ0n) is 11.2.